The molecule has 5 nitrogen and oxygen atoms in total. The maximum atomic E-state index is 12.0. The average Bonchev–Trinajstić information content (AvgIpc) is 2.29. The zero-order valence-corrected chi connectivity index (χ0v) is 10.5. The van der Waals surface area contributed by atoms with E-state index in [1.165, 1.54) is 16.7 Å². The van der Waals surface area contributed by atoms with Crippen molar-refractivity contribution >= 4 is 5.97 Å². The van der Waals surface area contributed by atoms with Gasteiger partial charge in [0.15, 0.2) is 0 Å². The summed E-state index contributed by atoms with van der Waals surface area (Å²) in [4.78, 5) is 23.1. The Balaban J connectivity index is 2.77. The van der Waals surface area contributed by atoms with Crippen LogP contribution in [-0.2, 0) is 0 Å². The molecule has 0 spiro atoms. The molecular weight excluding hydrogens is 246 g/mol. The second-order valence-electron chi connectivity index (χ2n) is 4.28. The molecule has 0 aliphatic rings. The molecule has 2 aromatic rings. The van der Waals surface area contributed by atoms with Crippen LogP contribution in [0.25, 0.3) is 5.69 Å². The van der Waals surface area contributed by atoms with Crippen LogP contribution in [0.4, 0.5) is 0 Å². The minimum absolute atomic E-state index is 0.106. The van der Waals surface area contributed by atoms with Crippen LogP contribution < -0.4 is 5.56 Å². The van der Waals surface area contributed by atoms with E-state index in [4.69, 9.17) is 5.11 Å². The quantitative estimate of drug-likeness (QED) is 0.862. The topological polar surface area (TPSA) is 79.5 Å². The number of hydrogen-bond donors (Lipinski definition) is 2. The predicted octanol–water partition coefficient (Wildman–Crippen LogP) is 1.86. The normalized spacial score (nSPS) is 10.4. The van der Waals surface area contributed by atoms with Crippen LogP contribution in [0.15, 0.2) is 35.1 Å². The molecule has 0 aliphatic carbocycles. The molecule has 2 rings (SSSR count). The third kappa shape index (κ3) is 2.22. The summed E-state index contributed by atoms with van der Waals surface area (Å²) in [7, 11) is 0. The molecular formula is C14H13NO4. The first-order chi connectivity index (χ1) is 8.91. The van der Waals surface area contributed by atoms with Crippen LogP contribution >= 0.6 is 0 Å². The lowest BCUT2D eigenvalue weighted by atomic mass is 10.1. The number of aromatic nitrogens is 1. The van der Waals surface area contributed by atoms with E-state index in [1.807, 2.05) is 0 Å². The lowest BCUT2D eigenvalue weighted by Gasteiger charge is -2.14. The molecule has 19 heavy (non-hydrogen) atoms. The summed E-state index contributed by atoms with van der Waals surface area (Å²) in [6.45, 7) is 3.32. The van der Waals surface area contributed by atoms with E-state index < -0.39 is 11.5 Å². The largest absolute Gasteiger partial charge is 0.508 e. The Bertz CT molecular complexity index is 716. The number of nitrogens with zero attached hydrogens (tertiary/aromatic N) is 1. The van der Waals surface area contributed by atoms with E-state index in [-0.39, 0.29) is 11.3 Å². The van der Waals surface area contributed by atoms with Crippen LogP contribution in [0.2, 0.25) is 0 Å². The molecule has 0 fully saturated rings. The summed E-state index contributed by atoms with van der Waals surface area (Å²) < 4.78 is 1.38. The summed E-state index contributed by atoms with van der Waals surface area (Å²) in [6.07, 6.45) is 0. The number of rotatable bonds is 2. The monoisotopic (exact) mass is 259 g/mol. The molecule has 1 aromatic heterocycles. The molecule has 98 valence electrons. The van der Waals surface area contributed by atoms with Crippen molar-refractivity contribution in [2.45, 2.75) is 13.8 Å². The van der Waals surface area contributed by atoms with Crippen LogP contribution in [0.5, 0.6) is 5.75 Å². The number of carboxylic acid groups (broad SMARTS) is 1. The van der Waals surface area contributed by atoms with Crippen molar-refractivity contribution in [2.75, 3.05) is 0 Å². The fraction of sp³-hybridized carbons (Fsp3) is 0.143. The average molecular weight is 259 g/mol. The van der Waals surface area contributed by atoms with E-state index in [2.05, 4.69) is 0 Å². The minimum Gasteiger partial charge on any atom is -0.508 e. The highest BCUT2D eigenvalue weighted by molar-refractivity contribution is 5.90. The smallest absolute Gasteiger partial charge is 0.336 e. The highest BCUT2D eigenvalue weighted by Crippen LogP contribution is 2.19. The molecule has 0 amide bonds. The Hall–Kier alpha value is -2.56. The van der Waals surface area contributed by atoms with Gasteiger partial charge in [-0.15, -0.1) is 0 Å². The maximum absolute atomic E-state index is 12.0. The number of aryl methyl sites for hydroxylation is 1. The van der Waals surface area contributed by atoms with Gasteiger partial charge in [-0.25, -0.2) is 4.79 Å². The van der Waals surface area contributed by atoms with Gasteiger partial charge in [0.25, 0.3) is 5.56 Å². The number of benzene rings is 1. The van der Waals surface area contributed by atoms with E-state index in [0.717, 1.165) is 6.07 Å². The molecule has 0 atom stereocenters. The minimum atomic E-state index is -1.04. The first-order valence-electron chi connectivity index (χ1n) is 5.67. The SMILES string of the molecule is Cc1c(C(=O)O)cccc1-n1c(C)cc(O)cc1=O. The van der Waals surface area contributed by atoms with Crippen molar-refractivity contribution in [1.82, 2.24) is 4.57 Å². The molecule has 0 saturated carbocycles. The summed E-state index contributed by atoms with van der Waals surface area (Å²) >= 11 is 0. The van der Waals surface area contributed by atoms with Gasteiger partial charge in [-0.3, -0.25) is 9.36 Å². The molecule has 0 bridgehead atoms. The van der Waals surface area contributed by atoms with E-state index in [9.17, 15) is 14.7 Å². The Labute approximate surface area is 109 Å². The number of carbonyl (C=O) groups is 1. The highest BCUT2D eigenvalue weighted by Gasteiger charge is 2.13. The molecule has 0 unspecified atom stereocenters. The summed E-state index contributed by atoms with van der Waals surface area (Å²) in [5, 5.41) is 18.5. The van der Waals surface area contributed by atoms with Gasteiger partial charge in [0, 0.05) is 11.8 Å². The van der Waals surface area contributed by atoms with Gasteiger partial charge in [0.05, 0.1) is 11.3 Å². The molecule has 2 N–H and O–H groups in total. The fourth-order valence-corrected chi connectivity index (χ4v) is 2.09. The summed E-state index contributed by atoms with van der Waals surface area (Å²) in [5.74, 6) is -1.14. The lowest BCUT2D eigenvalue weighted by molar-refractivity contribution is 0.0696. The van der Waals surface area contributed by atoms with E-state index >= 15 is 0 Å². The Morgan fingerprint density at radius 1 is 1.21 bits per heavy atom. The lowest BCUT2D eigenvalue weighted by Crippen LogP contribution is -2.20. The molecule has 0 radical (unpaired) electrons. The van der Waals surface area contributed by atoms with Crippen molar-refractivity contribution in [3.8, 4) is 11.4 Å². The summed E-state index contributed by atoms with van der Waals surface area (Å²) in [6, 6.07) is 7.30. The van der Waals surface area contributed by atoms with Gasteiger partial charge >= 0.3 is 5.97 Å². The third-order valence-corrected chi connectivity index (χ3v) is 2.98. The molecule has 0 aliphatic heterocycles. The van der Waals surface area contributed by atoms with Gasteiger partial charge in [0.2, 0.25) is 0 Å². The number of aromatic carboxylic acids is 1. The molecule has 0 saturated heterocycles. The fourth-order valence-electron chi connectivity index (χ4n) is 2.09. The Morgan fingerprint density at radius 2 is 1.89 bits per heavy atom. The van der Waals surface area contributed by atoms with E-state index in [1.54, 1.807) is 26.0 Å². The van der Waals surface area contributed by atoms with Crippen LogP contribution in [0.3, 0.4) is 0 Å². The van der Waals surface area contributed by atoms with E-state index in [0.29, 0.717) is 16.9 Å². The Morgan fingerprint density at radius 3 is 2.47 bits per heavy atom. The number of hydrogen-bond acceptors (Lipinski definition) is 3. The molecule has 1 heterocycles. The predicted molar refractivity (Wildman–Crippen MR) is 70.1 cm³/mol. The van der Waals surface area contributed by atoms with Crippen molar-refractivity contribution < 1.29 is 15.0 Å². The number of carboxylic acids is 1. The van der Waals surface area contributed by atoms with Crippen LogP contribution in [0.1, 0.15) is 21.6 Å². The van der Waals surface area contributed by atoms with Gasteiger partial charge in [0.1, 0.15) is 5.75 Å². The van der Waals surface area contributed by atoms with Gasteiger partial charge in [-0.05, 0) is 37.6 Å². The first kappa shape index (κ1) is 12.9. The second-order valence-corrected chi connectivity index (χ2v) is 4.28. The zero-order chi connectivity index (χ0) is 14.2. The molecule has 5 heteroatoms. The first-order valence-corrected chi connectivity index (χ1v) is 5.67. The van der Waals surface area contributed by atoms with Gasteiger partial charge in [-0.2, -0.15) is 0 Å². The summed E-state index contributed by atoms with van der Waals surface area (Å²) in [5.41, 5.74) is 1.30. The standard InChI is InChI=1S/C14H13NO4/c1-8-6-10(16)7-13(17)15(8)12-5-3-4-11(9(12)2)14(18)19/h3-7,16H,1-2H3,(H,18,19). The Kier molecular flexibility index (Phi) is 3.12. The number of pyridine rings is 1. The van der Waals surface area contributed by atoms with Crippen LogP contribution in [0, 0.1) is 13.8 Å². The molecule has 1 aromatic carbocycles. The second kappa shape index (κ2) is 4.61. The third-order valence-electron chi connectivity index (χ3n) is 2.98. The number of aromatic hydroxyl groups is 1. The van der Waals surface area contributed by atoms with Crippen molar-refractivity contribution in [3.63, 3.8) is 0 Å². The van der Waals surface area contributed by atoms with Crippen molar-refractivity contribution in [2.24, 2.45) is 0 Å². The van der Waals surface area contributed by atoms with Crippen molar-refractivity contribution in [3.05, 3.63) is 57.5 Å². The van der Waals surface area contributed by atoms with Crippen molar-refractivity contribution in [1.29, 1.82) is 0 Å². The van der Waals surface area contributed by atoms with Gasteiger partial charge in [-0.1, -0.05) is 6.07 Å². The van der Waals surface area contributed by atoms with Gasteiger partial charge < -0.3 is 10.2 Å². The highest BCUT2D eigenvalue weighted by atomic mass is 16.4. The maximum Gasteiger partial charge on any atom is 0.336 e. The van der Waals surface area contributed by atoms with Crippen LogP contribution in [-0.4, -0.2) is 20.7 Å². The zero-order valence-electron chi connectivity index (χ0n) is 10.5.